The molecule has 1 fully saturated rings. The fourth-order valence-corrected chi connectivity index (χ4v) is 2.88. The molecule has 110 valence electrons. The van der Waals surface area contributed by atoms with Crippen LogP contribution in [0.1, 0.15) is 18.9 Å². The topological polar surface area (TPSA) is 18.5 Å². The first-order chi connectivity index (χ1) is 9.60. The summed E-state index contributed by atoms with van der Waals surface area (Å²) >= 11 is 11.6. The molecule has 0 amide bonds. The van der Waals surface area contributed by atoms with Crippen LogP contribution in [0.25, 0.3) is 0 Å². The van der Waals surface area contributed by atoms with Crippen LogP contribution in [0.2, 0.25) is 5.02 Å². The molecule has 1 aliphatic heterocycles. The molecule has 1 aliphatic rings. The van der Waals surface area contributed by atoms with Crippen molar-refractivity contribution < 1.29 is 0 Å². The van der Waals surface area contributed by atoms with Crippen molar-refractivity contribution in [2.45, 2.75) is 20.3 Å². The third-order valence-corrected chi connectivity index (χ3v) is 4.24. The average molecular weight is 312 g/mol. The molecule has 1 saturated heterocycles. The van der Waals surface area contributed by atoms with E-state index in [2.05, 4.69) is 29.0 Å². The molecule has 1 heterocycles. The normalized spacial score (nSPS) is 16.2. The van der Waals surface area contributed by atoms with Crippen molar-refractivity contribution in [2.75, 3.05) is 38.0 Å². The van der Waals surface area contributed by atoms with Gasteiger partial charge < -0.3 is 10.2 Å². The van der Waals surface area contributed by atoms with E-state index in [1.165, 1.54) is 13.0 Å². The summed E-state index contributed by atoms with van der Waals surface area (Å²) in [7, 11) is 0. The minimum absolute atomic E-state index is 0.730. The van der Waals surface area contributed by atoms with Crippen LogP contribution in [-0.2, 0) is 0 Å². The Balaban J connectivity index is 1.91. The van der Waals surface area contributed by atoms with Crippen molar-refractivity contribution in [3.8, 4) is 0 Å². The first kappa shape index (κ1) is 15.5. The summed E-state index contributed by atoms with van der Waals surface area (Å²) in [6.07, 6.45) is 1.21. The number of rotatable bonds is 3. The van der Waals surface area contributed by atoms with Gasteiger partial charge in [0.1, 0.15) is 0 Å². The van der Waals surface area contributed by atoms with Gasteiger partial charge in [-0.2, -0.15) is 0 Å². The largest absolute Gasteiger partial charge is 0.346 e. The summed E-state index contributed by atoms with van der Waals surface area (Å²) < 4.78 is 0. The van der Waals surface area contributed by atoms with Gasteiger partial charge in [-0.15, -0.1) is 0 Å². The van der Waals surface area contributed by atoms with Crippen LogP contribution in [0, 0.1) is 6.92 Å². The molecule has 1 aromatic carbocycles. The molecule has 2 rings (SSSR count). The summed E-state index contributed by atoms with van der Waals surface area (Å²) in [5.41, 5.74) is 2.15. The number of anilines is 1. The third kappa shape index (κ3) is 4.08. The SMILES string of the molecule is CCCN1CCN(C(=S)Nc2cc(Cl)ccc2C)CC1. The standard InChI is InChI=1S/C15H22ClN3S/c1-3-6-18-7-9-19(10-8-18)15(20)17-14-11-13(16)5-4-12(14)2/h4-5,11H,3,6-10H2,1-2H3,(H,17,20). The lowest BCUT2D eigenvalue weighted by atomic mass is 10.2. The number of nitrogens with one attached hydrogen (secondary N) is 1. The Morgan fingerprint density at radius 1 is 1.30 bits per heavy atom. The second-order valence-electron chi connectivity index (χ2n) is 5.22. The van der Waals surface area contributed by atoms with E-state index in [1.807, 2.05) is 18.2 Å². The zero-order valence-electron chi connectivity index (χ0n) is 12.2. The second kappa shape index (κ2) is 7.25. The first-order valence-electron chi connectivity index (χ1n) is 7.14. The molecule has 1 N–H and O–H groups in total. The molecule has 0 unspecified atom stereocenters. The molecule has 0 saturated carbocycles. The summed E-state index contributed by atoms with van der Waals surface area (Å²) in [6, 6.07) is 5.83. The lowest BCUT2D eigenvalue weighted by Gasteiger charge is -2.36. The van der Waals surface area contributed by atoms with Crippen molar-refractivity contribution in [2.24, 2.45) is 0 Å². The number of aryl methyl sites for hydroxylation is 1. The number of thiocarbonyl (C=S) groups is 1. The average Bonchev–Trinajstić information content (AvgIpc) is 2.44. The Hall–Kier alpha value is -0.840. The van der Waals surface area contributed by atoms with Crippen molar-refractivity contribution in [1.29, 1.82) is 0 Å². The molecule has 0 radical (unpaired) electrons. The Labute approximate surface area is 131 Å². The summed E-state index contributed by atoms with van der Waals surface area (Å²) in [5.74, 6) is 0. The monoisotopic (exact) mass is 311 g/mol. The molecular formula is C15H22ClN3S. The van der Waals surface area contributed by atoms with E-state index in [-0.39, 0.29) is 0 Å². The van der Waals surface area contributed by atoms with E-state index >= 15 is 0 Å². The molecule has 0 spiro atoms. The van der Waals surface area contributed by atoms with Crippen molar-refractivity contribution in [3.63, 3.8) is 0 Å². The van der Waals surface area contributed by atoms with Crippen LogP contribution in [-0.4, -0.2) is 47.6 Å². The zero-order chi connectivity index (χ0) is 14.5. The minimum atomic E-state index is 0.730. The van der Waals surface area contributed by atoms with E-state index in [0.717, 1.165) is 47.6 Å². The third-order valence-electron chi connectivity index (χ3n) is 3.64. The van der Waals surface area contributed by atoms with E-state index in [1.54, 1.807) is 0 Å². The fourth-order valence-electron chi connectivity index (χ4n) is 2.41. The van der Waals surface area contributed by atoms with Gasteiger partial charge >= 0.3 is 0 Å². The maximum atomic E-state index is 6.04. The zero-order valence-corrected chi connectivity index (χ0v) is 13.7. The van der Waals surface area contributed by atoms with E-state index < -0.39 is 0 Å². The Bertz CT molecular complexity index is 470. The Morgan fingerprint density at radius 3 is 2.65 bits per heavy atom. The number of piperazine rings is 1. The summed E-state index contributed by atoms with van der Waals surface area (Å²) in [5, 5.41) is 4.85. The lowest BCUT2D eigenvalue weighted by molar-refractivity contribution is 0.184. The van der Waals surface area contributed by atoms with Crippen molar-refractivity contribution >= 4 is 34.6 Å². The smallest absolute Gasteiger partial charge is 0.173 e. The highest BCUT2D eigenvalue weighted by molar-refractivity contribution is 7.80. The van der Waals surface area contributed by atoms with Crippen LogP contribution in [0.5, 0.6) is 0 Å². The molecule has 20 heavy (non-hydrogen) atoms. The van der Waals surface area contributed by atoms with Crippen LogP contribution < -0.4 is 5.32 Å². The van der Waals surface area contributed by atoms with Gasteiger partial charge in [0.2, 0.25) is 0 Å². The van der Waals surface area contributed by atoms with Gasteiger partial charge in [0, 0.05) is 36.9 Å². The van der Waals surface area contributed by atoms with Gasteiger partial charge in [0.25, 0.3) is 0 Å². The van der Waals surface area contributed by atoms with Gasteiger partial charge in [0.15, 0.2) is 5.11 Å². The highest BCUT2D eigenvalue weighted by Crippen LogP contribution is 2.20. The molecule has 0 atom stereocenters. The summed E-state index contributed by atoms with van der Waals surface area (Å²) in [4.78, 5) is 4.73. The lowest BCUT2D eigenvalue weighted by Crippen LogP contribution is -2.50. The van der Waals surface area contributed by atoms with Gasteiger partial charge in [-0.05, 0) is 49.8 Å². The van der Waals surface area contributed by atoms with Crippen LogP contribution in [0.3, 0.4) is 0 Å². The number of halogens is 1. The number of nitrogens with zero attached hydrogens (tertiary/aromatic N) is 2. The van der Waals surface area contributed by atoms with Crippen LogP contribution >= 0.6 is 23.8 Å². The molecule has 1 aromatic rings. The number of benzene rings is 1. The predicted molar refractivity (Wildman–Crippen MR) is 90.7 cm³/mol. The van der Waals surface area contributed by atoms with Crippen molar-refractivity contribution in [1.82, 2.24) is 9.80 Å². The van der Waals surface area contributed by atoms with Gasteiger partial charge in [-0.25, -0.2) is 0 Å². The van der Waals surface area contributed by atoms with Gasteiger partial charge in [-0.1, -0.05) is 24.6 Å². The maximum absolute atomic E-state index is 6.04. The molecule has 5 heteroatoms. The maximum Gasteiger partial charge on any atom is 0.173 e. The predicted octanol–water partition coefficient (Wildman–Crippen LogP) is 3.37. The van der Waals surface area contributed by atoms with E-state index in [4.69, 9.17) is 23.8 Å². The summed E-state index contributed by atoms with van der Waals surface area (Å²) in [6.45, 7) is 9.62. The van der Waals surface area contributed by atoms with E-state index in [0.29, 0.717) is 0 Å². The van der Waals surface area contributed by atoms with Crippen LogP contribution in [0.15, 0.2) is 18.2 Å². The first-order valence-corrected chi connectivity index (χ1v) is 7.93. The fraction of sp³-hybridized carbons (Fsp3) is 0.533. The van der Waals surface area contributed by atoms with E-state index in [9.17, 15) is 0 Å². The van der Waals surface area contributed by atoms with Gasteiger partial charge in [-0.3, -0.25) is 4.90 Å². The van der Waals surface area contributed by atoms with Crippen molar-refractivity contribution in [3.05, 3.63) is 28.8 Å². The highest BCUT2D eigenvalue weighted by atomic mass is 35.5. The number of hydrogen-bond acceptors (Lipinski definition) is 2. The molecule has 0 aliphatic carbocycles. The molecule has 3 nitrogen and oxygen atoms in total. The molecule has 0 aromatic heterocycles. The Morgan fingerprint density at radius 2 is 2.00 bits per heavy atom. The molecular weight excluding hydrogens is 290 g/mol. The van der Waals surface area contributed by atoms with Crippen LogP contribution in [0.4, 0.5) is 5.69 Å². The van der Waals surface area contributed by atoms with Gasteiger partial charge in [0.05, 0.1) is 0 Å². The number of hydrogen-bond donors (Lipinski definition) is 1. The minimum Gasteiger partial charge on any atom is -0.346 e. The quantitative estimate of drug-likeness (QED) is 0.862. The Kier molecular flexibility index (Phi) is 5.64. The molecule has 0 bridgehead atoms. The second-order valence-corrected chi connectivity index (χ2v) is 6.04. The highest BCUT2D eigenvalue weighted by Gasteiger charge is 2.18.